The van der Waals surface area contributed by atoms with Gasteiger partial charge in [0.2, 0.25) is 0 Å². The molecule has 4 heteroatoms. The molecule has 0 saturated carbocycles. The van der Waals surface area contributed by atoms with Gasteiger partial charge in [-0.05, 0) is 30.1 Å². The molecule has 1 rings (SSSR count). The number of hydrogen-bond donors (Lipinski definition) is 1. The van der Waals surface area contributed by atoms with E-state index in [1.807, 2.05) is 18.2 Å². The third-order valence-electron chi connectivity index (χ3n) is 2.00. The van der Waals surface area contributed by atoms with Crippen molar-refractivity contribution in [2.45, 2.75) is 6.92 Å². The average molecular weight is 239 g/mol. The van der Waals surface area contributed by atoms with E-state index in [9.17, 15) is 4.79 Å². The highest BCUT2D eigenvalue weighted by Crippen LogP contribution is 2.08. The molecule has 0 aliphatic heterocycles. The number of benzene rings is 1. The summed E-state index contributed by atoms with van der Waals surface area (Å²) < 4.78 is 5.09. The van der Waals surface area contributed by atoms with Crippen LogP contribution in [0.2, 0.25) is 0 Å². The van der Waals surface area contributed by atoms with Gasteiger partial charge in [0.1, 0.15) is 5.75 Å². The lowest BCUT2D eigenvalue weighted by Crippen LogP contribution is -2.31. The molecule has 1 aromatic rings. The zero-order valence-electron chi connectivity index (χ0n) is 9.60. The summed E-state index contributed by atoms with van der Waals surface area (Å²) in [4.78, 5) is 11.4. The second-order valence-electron chi connectivity index (χ2n) is 3.64. The normalized spacial score (nSPS) is 11.9. The van der Waals surface area contributed by atoms with Gasteiger partial charge in [-0.25, -0.2) is 4.79 Å². The molecular weight excluding hydrogens is 222 g/mol. The summed E-state index contributed by atoms with van der Waals surface area (Å²) in [6.07, 6.45) is 1.66. The van der Waals surface area contributed by atoms with Crippen LogP contribution >= 0.6 is 11.8 Å². The van der Waals surface area contributed by atoms with Gasteiger partial charge in [0.25, 0.3) is 0 Å². The Balaban J connectivity index is 2.26. The van der Waals surface area contributed by atoms with Crippen molar-refractivity contribution < 1.29 is 9.53 Å². The molecule has 0 radical (unpaired) electrons. The molecule has 1 unspecified atom stereocenters. The molecular formula is C12H17NO2S. The minimum absolute atomic E-state index is 0.390. The molecule has 0 fully saturated rings. The summed E-state index contributed by atoms with van der Waals surface area (Å²) >= 11 is 1.77. The van der Waals surface area contributed by atoms with Crippen molar-refractivity contribution in [3.63, 3.8) is 0 Å². The van der Waals surface area contributed by atoms with Crippen LogP contribution in [0.5, 0.6) is 5.75 Å². The summed E-state index contributed by atoms with van der Waals surface area (Å²) in [7, 11) is 0. The predicted octanol–water partition coefficient (Wildman–Crippen LogP) is 2.77. The summed E-state index contributed by atoms with van der Waals surface area (Å²) in [5.41, 5.74) is 0. The van der Waals surface area contributed by atoms with Crippen LogP contribution in [0.1, 0.15) is 6.92 Å². The number of rotatable bonds is 5. The Morgan fingerprint density at radius 3 is 2.75 bits per heavy atom. The van der Waals surface area contributed by atoms with Crippen molar-refractivity contribution in [1.82, 2.24) is 5.32 Å². The van der Waals surface area contributed by atoms with E-state index in [4.69, 9.17) is 4.74 Å². The Hall–Kier alpha value is -1.16. The Morgan fingerprint density at radius 2 is 2.12 bits per heavy atom. The predicted molar refractivity (Wildman–Crippen MR) is 68.0 cm³/mol. The van der Waals surface area contributed by atoms with Crippen LogP contribution in [0, 0.1) is 5.92 Å². The van der Waals surface area contributed by atoms with Crippen molar-refractivity contribution in [2.75, 3.05) is 18.6 Å². The molecule has 16 heavy (non-hydrogen) atoms. The van der Waals surface area contributed by atoms with Crippen LogP contribution in [0.15, 0.2) is 30.3 Å². The molecule has 0 saturated heterocycles. The SMILES string of the molecule is CSCC(C)CNC(=O)Oc1ccccc1. The molecule has 1 amide bonds. The summed E-state index contributed by atoms with van der Waals surface area (Å²) in [5, 5.41) is 2.74. The van der Waals surface area contributed by atoms with E-state index < -0.39 is 0 Å². The zero-order chi connectivity index (χ0) is 11.8. The number of ether oxygens (including phenoxy) is 1. The van der Waals surface area contributed by atoms with Gasteiger partial charge in [-0.1, -0.05) is 25.1 Å². The van der Waals surface area contributed by atoms with Gasteiger partial charge in [-0.15, -0.1) is 0 Å². The fourth-order valence-electron chi connectivity index (χ4n) is 1.23. The Kier molecular flexibility index (Phi) is 5.78. The molecule has 0 bridgehead atoms. The second-order valence-corrected chi connectivity index (χ2v) is 4.55. The lowest BCUT2D eigenvalue weighted by Gasteiger charge is -2.11. The van der Waals surface area contributed by atoms with Gasteiger partial charge < -0.3 is 10.1 Å². The maximum absolute atomic E-state index is 11.4. The van der Waals surface area contributed by atoms with E-state index in [1.165, 1.54) is 0 Å². The van der Waals surface area contributed by atoms with Crippen molar-refractivity contribution in [2.24, 2.45) is 5.92 Å². The maximum atomic E-state index is 11.4. The third-order valence-corrected chi connectivity index (χ3v) is 2.90. The van der Waals surface area contributed by atoms with Crippen LogP contribution in [0.3, 0.4) is 0 Å². The fourth-order valence-corrected chi connectivity index (χ4v) is 1.92. The fraction of sp³-hybridized carbons (Fsp3) is 0.417. The summed E-state index contributed by atoms with van der Waals surface area (Å²) in [6, 6.07) is 9.05. The quantitative estimate of drug-likeness (QED) is 0.858. The number of para-hydroxylation sites is 1. The van der Waals surface area contributed by atoms with Crippen LogP contribution in [-0.4, -0.2) is 24.6 Å². The van der Waals surface area contributed by atoms with Crippen LogP contribution in [0.4, 0.5) is 4.79 Å². The van der Waals surface area contributed by atoms with Gasteiger partial charge in [0, 0.05) is 6.54 Å². The zero-order valence-corrected chi connectivity index (χ0v) is 10.4. The molecule has 0 heterocycles. The summed E-state index contributed by atoms with van der Waals surface area (Å²) in [5.74, 6) is 2.06. The maximum Gasteiger partial charge on any atom is 0.412 e. The molecule has 1 atom stereocenters. The van der Waals surface area contributed by atoms with Crippen molar-refractivity contribution >= 4 is 17.9 Å². The van der Waals surface area contributed by atoms with Gasteiger partial charge in [0.05, 0.1) is 0 Å². The first-order valence-electron chi connectivity index (χ1n) is 5.22. The van der Waals surface area contributed by atoms with E-state index in [0.29, 0.717) is 18.2 Å². The molecule has 0 aromatic heterocycles. The highest BCUT2D eigenvalue weighted by atomic mass is 32.2. The number of carbonyl (C=O) groups is 1. The standard InChI is InChI=1S/C12H17NO2S/c1-10(9-16-2)8-13-12(14)15-11-6-4-3-5-7-11/h3-7,10H,8-9H2,1-2H3,(H,13,14). The first-order valence-corrected chi connectivity index (χ1v) is 6.61. The van der Waals surface area contributed by atoms with Crippen molar-refractivity contribution in [3.8, 4) is 5.75 Å². The summed E-state index contributed by atoms with van der Waals surface area (Å²) in [6.45, 7) is 2.74. The number of thioether (sulfide) groups is 1. The van der Waals surface area contributed by atoms with Gasteiger partial charge in [0.15, 0.2) is 0 Å². The van der Waals surface area contributed by atoms with E-state index in [1.54, 1.807) is 23.9 Å². The number of hydrogen-bond acceptors (Lipinski definition) is 3. The number of nitrogens with one attached hydrogen (secondary N) is 1. The first-order chi connectivity index (χ1) is 7.72. The van der Waals surface area contributed by atoms with E-state index in [0.717, 1.165) is 5.75 Å². The topological polar surface area (TPSA) is 38.3 Å². The number of amides is 1. The minimum atomic E-state index is -0.390. The van der Waals surface area contributed by atoms with Crippen LogP contribution < -0.4 is 10.1 Å². The lowest BCUT2D eigenvalue weighted by molar-refractivity contribution is 0.199. The van der Waals surface area contributed by atoms with E-state index in [-0.39, 0.29) is 6.09 Å². The van der Waals surface area contributed by atoms with Crippen LogP contribution in [-0.2, 0) is 0 Å². The van der Waals surface area contributed by atoms with Crippen molar-refractivity contribution in [1.29, 1.82) is 0 Å². The van der Waals surface area contributed by atoms with Gasteiger partial charge in [-0.3, -0.25) is 0 Å². The smallest absolute Gasteiger partial charge is 0.410 e. The van der Waals surface area contributed by atoms with Crippen LogP contribution in [0.25, 0.3) is 0 Å². The molecule has 3 nitrogen and oxygen atoms in total. The molecule has 88 valence electrons. The second kappa shape index (κ2) is 7.17. The number of carbonyl (C=O) groups excluding carboxylic acids is 1. The largest absolute Gasteiger partial charge is 0.412 e. The van der Waals surface area contributed by atoms with E-state index >= 15 is 0 Å². The molecule has 1 N–H and O–H groups in total. The van der Waals surface area contributed by atoms with Gasteiger partial charge in [-0.2, -0.15) is 11.8 Å². The van der Waals surface area contributed by atoms with Gasteiger partial charge >= 0.3 is 6.09 Å². The third kappa shape index (κ3) is 5.07. The monoisotopic (exact) mass is 239 g/mol. The molecule has 0 aliphatic carbocycles. The lowest BCUT2D eigenvalue weighted by atomic mass is 10.2. The molecule has 0 aliphatic rings. The average Bonchev–Trinajstić information content (AvgIpc) is 2.28. The minimum Gasteiger partial charge on any atom is -0.410 e. The highest BCUT2D eigenvalue weighted by molar-refractivity contribution is 7.98. The molecule has 1 aromatic carbocycles. The highest BCUT2D eigenvalue weighted by Gasteiger charge is 2.06. The first kappa shape index (κ1) is 12.9. The van der Waals surface area contributed by atoms with Crippen molar-refractivity contribution in [3.05, 3.63) is 30.3 Å². The molecule has 0 spiro atoms. The Labute approximate surface area is 101 Å². The van der Waals surface area contributed by atoms with E-state index in [2.05, 4.69) is 18.5 Å². The Morgan fingerprint density at radius 1 is 1.44 bits per heavy atom. The Bertz CT molecular complexity index is 316.